The highest BCUT2D eigenvalue weighted by molar-refractivity contribution is 6.32. The van der Waals surface area contributed by atoms with Crippen molar-refractivity contribution in [3.63, 3.8) is 0 Å². The minimum atomic E-state index is 0.326. The highest BCUT2D eigenvalue weighted by Crippen LogP contribution is 2.23. The summed E-state index contributed by atoms with van der Waals surface area (Å²) >= 11 is 6.06. The number of aryl methyl sites for hydroxylation is 1. The maximum absolute atomic E-state index is 6.06. The van der Waals surface area contributed by atoms with E-state index >= 15 is 0 Å². The molecule has 7 nitrogen and oxygen atoms in total. The molecule has 3 N–H and O–H groups in total. The molecule has 0 radical (unpaired) electrons. The van der Waals surface area contributed by atoms with Crippen LogP contribution in [0.25, 0.3) is 0 Å². The van der Waals surface area contributed by atoms with E-state index in [1.165, 1.54) is 6.20 Å². The summed E-state index contributed by atoms with van der Waals surface area (Å²) in [4.78, 5) is 10.0. The monoisotopic (exact) mass is 267 g/mol. The minimum Gasteiger partial charge on any atom is -0.354 e. The molecule has 2 aromatic heterocycles. The molecule has 8 heteroatoms. The van der Waals surface area contributed by atoms with Crippen LogP contribution in [-0.2, 0) is 13.6 Å². The van der Waals surface area contributed by atoms with Gasteiger partial charge in [-0.15, -0.1) is 0 Å². The van der Waals surface area contributed by atoms with Crippen molar-refractivity contribution in [3.8, 4) is 0 Å². The van der Waals surface area contributed by atoms with Crippen LogP contribution >= 0.6 is 11.6 Å². The molecular formula is C10H14ClN7. The first-order valence-electron chi connectivity index (χ1n) is 5.28. The lowest BCUT2D eigenvalue weighted by molar-refractivity contribution is 0.766. The lowest BCUT2D eigenvalue weighted by atomic mass is 10.3. The van der Waals surface area contributed by atoms with E-state index in [-0.39, 0.29) is 0 Å². The molecule has 0 fully saturated rings. The molecule has 0 aliphatic carbocycles. The molecule has 0 bridgehead atoms. The van der Waals surface area contributed by atoms with Crippen LogP contribution in [-0.4, -0.2) is 26.8 Å². The second-order valence-corrected chi connectivity index (χ2v) is 4.30. The summed E-state index contributed by atoms with van der Waals surface area (Å²) in [7, 11) is 3.76. The number of hydrogen-bond acceptors (Lipinski definition) is 6. The van der Waals surface area contributed by atoms with Gasteiger partial charge in [0.15, 0.2) is 5.82 Å². The second kappa shape index (κ2) is 5.19. The Bertz CT molecular complexity index is 539. The molecule has 0 aliphatic rings. The smallest absolute Gasteiger partial charge is 0.239 e. The van der Waals surface area contributed by atoms with E-state index in [1.807, 2.05) is 25.2 Å². The first-order chi connectivity index (χ1) is 8.60. The lowest BCUT2D eigenvalue weighted by Crippen LogP contribution is -2.20. The van der Waals surface area contributed by atoms with Crippen molar-refractivity contribution in [2.45, 2.75) is 6.54 Å². The van der Waals surface area contributed by atoms with Crippen LogP contribution in [0.3, 0.4) is 0 Å². The molecule has 18 heavy (non-hydrogen) atoms. The van der Waals surface area contributed by atoms with Crippen LogP contribution in [0, 0.1) is 0 Å². The van der Waals surface area contributed by atoms with Gasteiger partial charge in [-0.25, -0.2) is 10.8 Å². The van der Waals surface area contributed by atoms with Crippen LogP contribution in [0.5, 0.6) is 0 Å². The van der Waals surface area contributed by atoms with Crippen molar-refractivity contribution in [1.82, 2.24) is 19.7 Å². The Balaban J connectivity index is 2.20. The number of aromatic nitrogens is 4. The predicted molar refractivity (Wildman–Crippen MR) is 70.2 cm³/mol. The molecule has 0 atom stereocenters. The molecule has 0 spiro atoms. The Kier molecular flexibility index (Phi) is 3.63. The summed E-state index contributed by atoms with van der Waals surface area (Å²) in [5.41, 5.74) is 3.46. The van der Waals surface area contributed by atoms with Gasteiger partial charge in [-0.1, -0.05) is 11.6 Å². The third-order valence-corrected chi connectivity index (χ3v) is 2.66. The van der Waals surface area contributed by atoms with Gasteiger partial charge in [0.2, 0.25) is 5.95 Å². The van der Waals surface area contributed by atoms with Gasteiger partial charge in [0.25, 0.3) is 0 Å². The van der Waals surface area contributed by atoms with Crippen molar-refractivity contribution < 1.29 is 0 Å². The van der Waals surface area contributed by atoms with Crippen molar-refractivity contribution in [3.05, 3.63) is 29.2 Å². The molecule has 0 saturated heterocycles. The first kappa shape index (κ1) is 12.6. The van der Waals surface area contributed by atoms with Crippen LogP contribution < -0.4 is 16.2 Å². The van der Waals surface area contributed by atoms with E-state index in [0.717, 1.165) is 5.56 Å². The van der Waals surface area contributed by atoms with Gasteiger partial charge in [-0.05, 0) is 0 Å². The van der Waals surface area contributed by atoms with E-state index < -0.39 is 0 Å². The van der Waals surface area contributed by atoms with Crippen molar-refractivity contribution >= 4 is 23.4 Å². The third kappa shape index (κ3) is 2.69. The summed E-state index contributed by atoms with van der Waals surface area (Å²) in [5.74, 6) is 6.22. The van der Waals surface area contributed by atoms with Gasteiger partial charge >= 0.3 is 0 Å². The molecule has 0 saturated carbocycles. The quantitative estimate of drug-likeness (QED) is 0.629. The Morgan fingerprint density at radius 3 is 2.89 bits per heavy atom. The fourth-order valence-corrected chi connectivity index (χ4v) is 1.83. The predicted octanol–water partition coefficient (Wildman–Crippen LogP) is 0.786. The largest absolute Gasteiger partial charge is 0.354 e. The summed E-state index contributed by atoms with van der Waals surface area (Å²) < 4.78 is 1.75. The number of nitrogen functional groups attached to an aromatic ring is 1. The fraction of sp³-hybridized carbons (Fsp3) is 0.300. The summed E-state index contributed by atoms with van der Waals surface area (Å²) in [6, 6.07) is 0. The fourth-order valence-electron chi connectivity index (χ4n) is 1.60. The van der Waals surface area contributed by atoms with Crippen LogP contribution in [0.15, 0.2) is 18.6 Å². The number of nitrogens with zero attached hydrogens (tertiary/aromatic N) is 5. The Labute approximate surface area is 110 Å². The Morgan fingerprint density at radius 1 is 1.50 bits per heavy atom. The first-order valence-corrected chi connectivity index (χ1v) is 5.65. The number of hydrogen-bond donors (Lipinski definition) is 2. The average molecular weight is 268 g/mol. The van der Waals surface area contributed by atoms with Gasteiger partial charge in [-0.2, -0.15) is 10.1 Å². The lowest BCUT2D eigenvalue weighted by Gasteiger charge is -2.18. The number of hydrazine groups is 1. The zero-order valence-corrected chi connectivity index (χ0v) is 10.9. The van der Waals surface area contributed by atoms with E-state index in [4.69, 9.17) is 17.4 Å². The standard InChI is InChI=1S/C10H14ClN7/c1-17(5-7-3-14-18(2)6-7)9-8(11)4-13-10(15-9)16-12/h3-4,6H,5,12H2,1-2H3,(H,13,15,16). The van der Waals surface area contributed by atoms with E-state index in [2.05, 4.69) is 20.5 Å². The zero-order valence-electron chi connectivity index (χ0n) is 10.1. The molecule has 0 amide bonds. The van der Waals surface area contributed by atoms with Gasteiger partial charge in [-0.3, -0.25) is 10.1 Å². The van der Waals surface area contributed by atoms with E-state index in [0.29, 0.717) is 23.3 Å². The maximum atomic E-state index is 6.06. The Morgan fingerprint density at radius 2 is 2.28 bits per heavy atom. The van der Waals surface area contributed by atoms with Crippen molar-refractivity contribution in [2.24, 2.45) is 12.9 Å². The maximum Gasteiger partial charge on any atom is 0.239 e. The normalized spacial score (nSPS) is 10.4. The third-order valence-electron chi connectivity index (χ3n) is 2.39. The number of rotatable bonds is 4. The molecule has 96 valence electrons. The number of anilines is 2. The van der Waals surface area contributed by atoms with Gasteiger partial charge < -0.3 is 4.90 Å². The minimum absolute atomic E-state index is 0.326. The summed E-state index contributed by atoms with van der Waals surface area (Å²) in [5, 5.41) is 4.58. The van der Waals surface area contributed by atoms with E-state index in [9.17, 15) is 0 Å². The molecular weight excluding hydrogens is 254 g/mol. The summed E-state index contributed by atoms with van der Waals surface area (Å²) in [6.07, 6.45) is 5.25. The molecule has 2 aromatic rings. The van der Waals surface area contributed by atoms with Crippen molar-refractivity contribution in [2.75, 3.05) is 17.4 Å². The molecule has 2 rings (SSSR count). The number of nitrogens with two attached hydrogens (primary N) is 1. The van der Waals surface area contributed by atoms with Crippen LogP contribution in [0.4, 0.5) is 11.8 Å². The van der Waals surface area contributed by atoms with Crippen LogP contribution in [0.2, 0.25) is 5.02 Å². The topological polar surface area (TPSA) is 84.9 Å². The highest BCUT2D eigenvalue weighted by Gasteiger charge is 2.11. The Hall–Kier alpha value is -1.86. The molecule has 0 unspecified atom stereocenters. The van der Waals surface area contributed by atoms with Crippen molar-refractivity contribution in [1.29, 1.82) is 0 Å². The second-order valence-electron chi connectivity index (χ2n) is 3.89. The highest BCUT2D eigenvalue weighted by atomic mass is 35.5. The number of nitrogens with one attached hydrogen (secondary N) is 1. The molecule has 2 heterocycles. The van der Waals surface area contributed by atoms with Gasteiger partial charge in [0.1, 0.15) is 5.02 Å². The average Bonchev–Trinajstić information content (AvgIpc) is 2.75. The summed E-state index contributed by atoms with van der Waals surface area (Å²) in [6.45, 7) is 0.647. The van der Waals surface area contributed by atoms with Crippen LogP contribution in [0.1, 0.15) is 5.56 Å². The zero-order chi connectivity index (χ0) is 13.1. The molecule has 0 aromatic carbocycles. The van der Waals surface area contributed by atoms with Gasteiger partial charge in [0, 0.05) is 32.4 Å². The molecule has 0 aliphatic heterocycles. The SMILES string of the molecule is CN(Cc1cnn(C)c1)c1nc(NN)ncc1Cl. The van der Waals surface area contributed by atoms with Gasteiger partial charge in [0.05, 0.1) is 12.4 Å². The number of halogens is 1. The van der Waals surface area contributed by atoms with E-state index in [1.54, 1.807) is 10.9 Å².